The summed E-state index contributed by atoms with van der Waals surface area (Å²) in [5.41, 5.74) is -0.0399. The van der Waals surface area contributed by atoms with Gasteiger partial charge >= 0.3 is 0 Å². The Kier molecular flexibility index (Phi) is 5.88. The Morgan fingerprint density at radius 3 is 2.25 bits per heavy atom. The largest absolute Gasteiger partial charge is 0.340 e. The molecule has 1 aromatic carbocycles. The zero-order chi connectivity index (χ0) is 17.9. The van der Waals surface area contributed by atoms with Crippen LogP contribution in [0, 0.1) is 17.6 Å². The molecule has 2 rings (SSSR count). The molecule has 1 saturated heterocycles. The summed E-state index contributed by atoms with van der Waals surface area (Å²) in [4.78, 5) is 28.0. The Hall–Kier alpha value is -2.02. The minimum absolute atomic E-state index is 0.0399. The van der Waals surface area contributed by atoms with Crippen LogP contribution in [0.2, 0.25) is 0 Å². The SMILES string of the molecule is CC(C)C(=O)N1CCN(C(C)C(=O)Nc2ccc(F)cc2F)CC1. The van der Waals surface area contributed by atoms with Gasteiger partial charge in [0.25, 0.3) is 0 Å². The number of carbonyl (C=O) groups excluding carboxylic acids is 2. The van der Waals surface area contributed by atoms with Crippen LogP contribution in [0.5, 0.6) is 0 Å². The summed E-state index contributed by atoms with van der Waals surface area (Å²) in [6.07, 6.45) is 0. The van der Waals surface area contributed by atoms with E-state index in [1.165, 1.54) is 6.07 Å². The number of rotatable bonds is 4. The molecule has 0 saturated carbocycles. The van der Waals surface area contributed by atoms with Crippen LogP contribution in [0.25, 0.3) is 0 Å². The van der Waals surface area contributed by atoms with E-state index in [0.717, 1.165) is 12.1 Å². The molecule has 7 heteroatoms. The van der Waals surface area contributed by atoms with E-state index in [-0.39, 0.29) is 23.4 Å². The lowest BCUT2D eigenvalue weighted by Crippen LogP contribution is -2.54. The zero-order valence-corrected chi connectivity index (χ0v) is 14.2. The molecule has 1 atom stereocenters. The molecule has 2 amide bonds. The smallest absolute Gasteiger partial charge is 0.241 e. The number of piperazine rings is 1. The Balaban J connectivity index is 1.91. The van der Waals surface area contributed by atoms with Gasteiger partial charge in [-0.1, -0.05) is 13.8 Å². The number of anilines is 1. The molecule has 1 unspecified atom stereocenters. The highest BCUT2D eigenvalue weighted by Gasteiger charge is 2.28. The van der Waals surface area contributed by atoms with Gasteiger partial charge in [-0.25, -0.2) is 8.78 Å². The predicted molar refractivity (Wildman–Crippen MR) is 87.4 cm³/mol. The van der Waals surface area contributed by atoms with E-state index in [1.54, 1.807) is 11.8 Å². The van der Waals surface area contributed by atoms with Crippen molar-refractivity contribution in [2.75, 3.05) is 31.5 Å². The van der Waals surface area contributed by atoms with Gasteiger partial charge in [0.1, 0.15) is 11.6 Å². The molecule has 0 radical (unpaired) electrons. The van der Waals surface area contributed by atoms with Gasteiger partial charge in [0.15, 0.2) is 0 Å². The van der Waals surface area contributed by atoms with Crippen LogP contribution in [0.3, 0.4) is 0 Å². The standard InChI is InChI=1S/C17H23F2N3O2/c1-11(2)17(24)22-8-6-21(7-9-22)12(3)16(23)20-15-5-4-13(18)10-14(15)19/h4-5,10-12H,6-9H2,1-3H3,(H,20,23). The van der Waals surface area contributed by atoms with Crippen molar-refractivity contribution in [1.29, 1.82) is 0 Å². The van der Waals surface area contributed by atoms with E-state index >= 15 is 0 Å². The number of amides is 2. The third-order valence-corrected chi connectivity index (χ3v) is 4.24. The summed E-state index contributed by atoms with van der Waals surface area (Å²) >= 11 is 0. The monoisotopic (exact) mass is 339 g/mol. The lowest BCUT2D eigenvalue weighted by molar-refractivity contribution is -0.136. The minimum atomic E-state index is -0.803. The Morgan fingerprint density at radius 2 is 1.71 bits per heavy atom. The van der Waals surface area contributed by atoms with Crippen LogP contribution in [0.4, 0.5) is 14.5 Å². The number of hydrogen-bond donors (Lipinski definition) is 1. The van der Waals surface area contributed by atoms with Crippen LogP contribution < -0.4 is 5.32 Å². The summed E-state index contributed by atoms with van der Waals surface area (Å²) in [7, 11) is 0. The van der Waals surface area contributed by atoms with Crippen molar-refractivity contribution < 1.29 is 18.4 Å². The fraction of sp³-hybridized carbons (Fsp3) is 0.529. The number of nitrogens with zero attached hydrogens (tertiary/aromatic N) is 2. The maximum atomic E-state index is 13.6. The Labute approximate surface area is 140 Å². The first kappa shape index (κ1) is 18.3. The van der Waals surface area contributed by atoms with Crippen molar-refractivity contribution in [3.05, 3.63) is 29.8 Å². The highest BCUT2D eigenvalue weighted by molar-refractivity contribution is 5.94. The molecule has 5 nitrogen and oxygen atoms in total. The molecule has 132 valence electrons. The molecule has 0 aromatic heterocycles. The third kappa shape index (κ3) is 4.29. The van der Waals surface area contributed by atoms with Gasteiger partial charge in [0.2, 0.25) is 11.8 Å². The molecule has 1 aromatic rings. The van der Waals surface area contributed by atoms with Crippen LogP contribution in [-0.2, 0) is 9.59 Å². The topological polar surface area (TPSA) is 52.7 Å². The maximum Gasteiger partial charge on any atom is 0.241 e. The van der Waals surface area contributed by atoms with Gasteiger partial charge in [0.05, 0.1) is 11.7 Å². The van der Waals surface area contributed by atoms with Gasteiger partial charge in [-0.15, -0.1) is 0 Å². The van der Waals surface area contributed by atoms with Crippen LogP contribution in [0.15, 0.2) is 18.2 Å². The van der Waals surface area contributed by atoms with Gasteiger partial charge < -0.3 is 10.2 Å². The lowest BCUT2D eigenvalue weighted by atomic mass is 10.1. The number of nitrogens with one attached hydrogen (secondary N) is 1. The molecule has 1 aliphatic heterocycles. The summed E-state index contributed by atoms with van der Waals surface area (Å²) in [5, 5.41) is 2.48. The van der Waals surface area contributed by atoms with E-state index in [4.69, 9.17) is 0 Å². The molecule has 24 heavy (non-hydrogen) atoms. The van der Waals surface area contributed by atoms with Crippen molar-refractivity contribution in [2.24, 2.45) is 5.92 Å². The number of hydrogen-bond acceptors (Lipinski definition) is 3. The van der Waals surface area contributed by atoms with Gasteiger partial charge in [-0.2, -0.15) is 0 Å². The van der Waals surface area contributed by atoms with E-state index in [1.807, 2.05) is 18.7 Å². The molecule has 0 aliphatic carbocycles. The van der Waals surface area contributed by atoms with Crippen molar-refractivity contribution in [2.45, 2.75) is 26.8 Å². The normalized spacial score (nSPS) is 17.0. The summed E-state index contributed by atoms with van der Waals surface area (Å²) in [5.74, 6) is -1.78. The molecule has 1 N–H and O–H groups in total. The first-order valence-corrected chi connectivity index (χ1v) is 8.08. The second-order valence-corrected chi connectivity index (χ2v) is 6.31. The predicted octanol–water partition coefficient (Wildman–Crippen LogP) is 2.09. The quantitative estimate of drug-likeness (QED) is 0.914. The molecule has 1 heterocycles. The molecule has 0 spiro atoms. The van der Waals surface area contributed by atoms with Crippen LogP contribution in [-0.4, -0.2) is 53.8 Å². The minimum Gasteiger partial charge on any atom is -0.340 e. The molecule has 1 fully saturated rings. The second kappa shape index (κ2) is 7.70. The van der Waals surface area contributed by atoms with Gasteiger partial charge in [0, 0.05) is 38.2 Å². The van der Waals surface area contributed by atoms with E-state index in [0.29, 0.717) is 26.2 Å². The average Bonchev–Trinajstić information content (AvgIpc) is 2.56. The maximum absolute atomic E-state index is 13.6. The van der Waals surface area contributed by atoms with E-state index in [2.05, 4.69) is 5.32 Å². The zero-order valence-electron chi connectivity index (χ0n) is 14.2. The van der Waals surface area contributed by atoms with Crippen LogP contribution in [0.1, 0.15) is 20.8 Å². The fourth-order valence-electron chi connectivity index (χ4n) is 2.69. The number of benzene rings is 1. The van der Waals surface area contributed by atoms with Crippen LogP contribution >= 0.6 is 0 Å². The summed E-state index contributed by atoms with van der Waals surface area (Å²) in [6.45, 7) is 7.76. The summed E-state index contributed by atoms with van der Waals surface area (Å²) in [6, 6.07) is 2.57. The molecular weight excluding hydrogens is 316 g/mol. The highest BCUT2D eigenvalue weighted by Crippen LogP contribution is 2.16. The molecule has 1 aliphatic rings. The van der Waals surface area contributed by atoms with Gasteiger partial charge in [-0.3, -0.25) is 14.5 Å². The number of halogens is 2. The lowest BCUT2D eigenvalue weighted by Gasteiger charge is -2.38. The average molecular weight is 339 g/mol. The fourth-order valence-corrected chi connectivity index (χ4v) is 2.69. The highest BCUT2D eigenvalue weighted by atomic mass is 19.1. The first-order chi connectivity index (χ1) is 11.3. The van der Waals surface area contributed by atoms with E-state index < -0.39 is 17.7 Å². The first-order valence-electron chi connectivity index (χ1n) is 8.08. The van der Waals surface area contributed by atoms with E-state index in [9.17, 15) is 18.4 Å². The van der Waals surface area contributed by atoms with Crippen molar-refractivity contribution in [1.82, 2.24) is 9.80 Å². The number of carbonyl (C=O) groups is 2. The second-order valence-electron chi connectivity index (χ2n) is 6.31. The van der Waals surface area contributed by atoms with Gasteiger partial charge in [-0.05, 0) is 19.1 Å². The molecule has 0 bridgehead atoms. The third-order valence-electron chi connectivity index (χ3n) is 4.24. The van der Waals surface area contributed by atoms with Crippen molar-refractivity contribution in [3.63, 3.8) is 0 Å². The summed E-state index contributed by atoms with van der Waals surface area (Å²) < 4.78 is 26.5. The van der Waals surface area contributed by atoms with Crippen molar-refractivity contribution >= 4 is 17.5 Å². The Bertz CT molecular complexity index is 614. The van der Waals surface area contributed by atoms with Crippen molar-refractivity contribution in [3.8, 4) is 0 Å². The molecular formula is C17H23F2N3O2. The Morgan fingerprint density at radius 1 is 1.08 bits per heavy atom.